The number of likely N-dealkylation sites (N-methyl/N-ethyl adjacent to an activating group) is 1. The summed E-state index contributed by atoms with van der Waals surface area (Å²) in [6.45, 7) is 2.14. The minimum absolute atomic E-state index is 0.285. The Hall–Kier alpha value is -2.33. The van der Waals surface area contributed by atoms with Crippen molar-refractivity contribution >= 4 is 27.8 Å². The Bertz CT molecular complexity index is 897. The molecule has 0 aliphatic carbocycles. The fraction of sp³-hybridized carbons (Fsp3) is 0.316. The predicted molar refractivity (Wildman–Crippen MR) is 91.9 cm³/mol. The van der Waals surface area contributed by atoms with Crippen LogP contribution in [0.2, 0.25) is 0 Å². The largest absolute Gasteiger partial charge is 0.465 e. The summed E-state index contributed by atoms with van der Waals surface area (Å²) >= 11 is 0. The van der Waals surface area contributed by atoms with Crippen LogP contribution < -0.4 is 0 Å². The smallest absolute Gasteiger partial charge is 0.337 e. The summed E-state index contributed by atoms with van der Waals surface area (Å²) in [5.41, 5.74) is 2.97. The molecule has 3 aromatic rings. The molecule has 4 nitrogen and oxygen atoms in total. The molecule has 118 valence electrons. The van der Waals surface area contributed by atoms with Crippen LogP contribution in [-0.4, -0.2) is 42.7 Å². The molecular formula is C19H20N2O2. The van der Waals surface area contributed by atoms with Crippen molar-refractivity contribution in [1.82, 2.24) is 9.47 Å². The third kappa shape index (κ3) is 2.21. The first kappa shape index (κ1) is 14.3. The number of methoxy groups -OCH3 is 1. The Morgan fingerprint density at radius 2 is 1.91 bits per heavy atom. The molecule has 0 spiro atoms. The molecule has 1 aromatic heterocycles. The second-order valence-electron chi connectivity index (χ2n) is 6.32. The minimum atomic E-state index is -0.285. The second-order valence-corrected chi connectivity index (χ2v) is 6.32. The highest BCUT2D eigenvalue weighted by Gasteiger charge is 2.25. The average Bonchev–Trinajstić information content (AvgIpc) is 3.14. The van der Waals surface area contributed by atoms with Gasteiger partial charge >= 0.3 is 5.97 Å². The standard InChI is InChI=1S/C19H20N2O2/c1-20-10-9-14(12-20)21-17-6-4-3-5-15(17)16-8-7-13(11-18(16)21)19(22)23-2/h3-8,11,14H,9-10,12H2,1-2H3/t14-/m0/s1. The van der Waals surface area contributed by atoms with Gasteiger partial charge in [0.2, 0.25) is 0 Å². The summed E-state index contributed by atoms with van der Waals surface area (Å²) in [6, 6.07) is 14.8. The number of rotatable bonds is 2. The van der Waals surface area contributed by atoms with Gasteiger partial charge in [0, 0.05) is 28.9 Å². The highest BCUT2D eigenvalue weighted by atomic mass is 16.5. The molecule has 2 aromatic carbocycles. The minimum Gasteiger partial charge on any atom is -0.465 e. The van der Waals surface area contributed by atoms with E-state index >= 15 is 0 Å². The normalized spacial score (nSPS) is 18.8. The van der Waals surface area contributed by atoms with Crippen LogP contribution in [0.15, 0.2) is 42.5 Å². The van der Waals surface area contributed by atoms with Gasteiger partial charge in [-0.05, 0) is 38.2 Å². The first-order chi connectivity index (χ1) is 11.2. The van der Waals surface area contributed by atoms with Crippen molar-refractivity contribution in [1.29, 1.82) is 0 Å². The summed E-state index contributed by atoms with van der Waals surface area (Å²) in [5, 5.41) is 2.44. The van der Waals surface area contributed by atoms with E-state index in [1.165, 1.54) is 23.4 Å². The lowest BCUT2D eigenvalue weighted by atomic mass is 10.1. The lowest BCUT2D eigenvalue weighted by Gasteiger charge is -2.16. The number of carbonyl (C=O) groups excluding carboxylic acids is 1. The molecule has 2 heterocycles. The van der Waals surface area contributed by atoms with Crippen molar-refractivity contribution in [2.24, 2.45) is 0 Å². The third-order valence-electron chi connectivity index (χ3n) is 4.86. The maximum Gasteiger partial charge on any atom is 0.337 e. The molecule has 4 heteroatoms. The molecule has 23 heavy (non-hydrogen) atoms. The average molecular weight is 308 g/mol. The van der Waals surface area contributed by atoms with Crippen molar-refractivity contribution in [3.05, 3.63) is 48.0 Å². The Balaban J connectivity index is 2.00. The van der Waals surface area contributed by atoms with E-state index in [9.17, 15) is 4.79 Å². The zero-order valence-electron chi connectivity index (χ0n) is 13.5. The van der Waals surface area contributed by atoms with Gasteiger partial charge in [0.15, 0.2) is 0 Å². The molecule has 1 fully saturated rings. The van der Waals surface area contributed by atoms with Crippen molar-refractivity contribution in [3.8, 4) is 0 Å². The molecule has 0 unspecified atom stereocenters. The van der Waals surface area contributed by atoms with E-state index in [4.69, 9.17) is 4.74 Å². The Morgan fingerprint density at radius 1 is 1.13 bits per heavy atom. The molecule has 4 rings (SSSR count). The van der Waals surface area contributed by atoms with Gasteiger partial charge in [0.1, 0.15) is 0 Å². The third-order valence-corrected chi connectivity index (χ3v) is 4.86. The molecule has 1 aliphatic rings. The zero-order valence-corrected chi connectivity index (χ0v) is 13.5. The number of aromatic nitrogens is 1. The van der Waals surface area contributed by atoms with Crippen LogP contribution in [-0.2, 0) is 4.74 Å². The number of hydrogen-bond acceptors (Lipinski definition) is 3. The maximum absolute atomic E-state index is 11.9. The number of para-hydroxylation sites is 1. The number of likely N-dealkylation sites (tertiary alicyclic amines) is 1. The van der Waals surface area contributed by atoms with E-state index in [0.717, 1.165) is 25.0 Å². The number of ether oxygens (including phenoxy) is 1. The number of nitrogens with zero attached hydrogens (tertiary/aromatic N) is 2. The monoisotopic (exact) mass is 308 g/mol. The summed E-state index contributed by atoms with van der Waals surface area (Å²) < 4.78 is 7.29. The molecule has 0 amide bonds. The maximum atomic E-state index is 11.9. The summed E-state index contributed by atoms with van der Waals surface area (Å²) in [7, 11) is 3.59. The van der Waals surface area contributed by atoms with E-state index < -0.39 is 0 Å². The van der Waals surface area contributed by atoms with Gasteiger partial charge < -0.3 is 14.2 Å². The highest BCUT2D eigenvalue weighted by molar-refractivity contribution is 6.09. The molecule has 1 atom stereocenters. The molecule has 0 saturated carbocycles. The number of benzene rings is 2. The van der Waals surface area contributed by atoms with Gasteiger partial charge in [0.25, 0.3) is 0 Å². The first-order valence-electron chi connectivity index (χ1n) is 7.98. The van der Waals surface area contributed by atoms with Crippen LogP contribution in [0.4, 0.5) is 0 Å². The van der Waals surface area contributed by atoms with Crippen LogP contribution in [0.25, 0.3) is 21.8 Å². The number of hydrogen-bond donors (Lipinski definition) is 0. The van der Waals surface area contributed by atoms with E-state index in [-0.39, 0.29) is 5.97 Å². The number of fused-ring (bicyclic) bond motifs is 3. The summed E-state index contributed by atoms with van der Waals surface area (Å²) in [5.74, 6) is -0.285. The lowest BCUT2D eigenvalue weighted by Crippen LogP contribution is -2.16. The van der Waals surface area contributed by atoms with Gasteiger partial charge in [-0.25, -0.2) is 4.79 Å². The van der Waals surface area contributed by atoms with Crippen LogP contribution in [0.1, 0.15) is 22.8 Å². The molecule has 1 aliphatic heterocycles. The lowest BCUT2D eigenvalue weighted by molar-refractivity contribution is 0.0601. The van der Waals surface area contributed by atoms with Crippen molar-refractivity contribution in [3.63, 3.8) is 0 Å². The second kappa shape index (κ2) is 5.39. The van der Waals surface area contributed by atoms with Crippen LogP contribution in [0, 0.1) is 0 Å². The fourth-order valence-electron chi connectivity index (χ4n) is 3.76. The SMILES string of the molecule is COC(=O)c1ccc2c3ccccc3n([C@H]3CCN(C)C3)c2c1. The van der Waals surface area contributed by atoms with E-state index in [0.29, 0.717) is 11.6 Å². The van der Waals surface area contributed by atoms with E-state index in [1.54, 1.807) is 0 Å². The van der Waals surface area contributed by atoms with Gasteiger partial charge in [-0.2, -0.15) is 0 Å². The zero-order chi connectivity index (χ0) is 16.0. The van der Waals surface area contributed by atoms with E-state index in [1.807, 2.05) is 18.2 Å². The fourth-order valence-corrected chi connectivity index (χ4v) is 3.76. The highest BCUT2D eigenvalue weighted by Crippen LogP contribution is 2.35. The molecule has 0 radical (unpaired) electrons. The van der Waals surface area contributed by atoms with Gasteiger partial charge in [-0.1, -0.05) is 24.3 Å². The topological polar surface area (TPSA) is 34.5 Å². The molecule has 1 saturated heterocycles. The quantitative estimate of drug-likeness (QED) is 0.680. The Morgan fingerprint density at radius 3 is 2.65 bits per heavy atom. The molecule has 0 N–H and O–H groups in total. The molecular weight excluding hydrogens is 288 g/mol. The van der Waals surface area contributed by atoms with Gasteiger partial charge in [-0.15, -0.1) is 0 Å². The number of esters is 1. The van der Waals surface area contributed by atoms with Crippen molar-refractivity contribution in [2.75, 3.05) is 27.2 Å². The first-order valence-corrected chi connectivity index (χ1v) is 7.98. The summed E-state index contributed by atoms with van der Waals surface area (Å²) in [4.78, 5) is 14.3. The Kier molecular flexibility index (Phi) is 3.34. The van der Waals surface area contributed by atoms with Crippen LogP contribution in [0.3, 0.4) is 0 Å². The van der Waals surface area contributed by atoms with Gasteiger partial charge in [-0.3, -0.25) is 0 Å². The Labute approximate surface area is 135 Å². The van der Waals surface area contributed by atoms with Crippen molar-refractivity contribution in [2.45, 2.75) is 12.5 Å². The molecule has 0 bridgehead atoms. The van der Waals surface area contributed by atoms with Crippen LogP contribution in [0.5, 0.6) is 0 Å². The summed E-state index contributed by atoms with van der Waals surface area (Å²) in [6.07, 6.45) is 1.13. The number of carbonyl (C=O) groups is 1. The van der Waals surface area contributed by atoms with Crippen LogP contribution >= 0.6 is 0 Å². The van der Waals surface area contributed by atoms with Gasteiger partial charge in [0.05, 0.1) is 18.2 Å². The van der Waals surface area contributed by atoms with Crippen molar-refractivity contribution < 1.29 is 9.53 Å². The van der Waals surface area contributed by atoms with E-state index in [2.05, 4.69) is 40.8 Å². The predicted octanol–water partition coefficient (Wildman–Crippen LogP) is 3.46.